The number of hydrogen-bond acceptors (Lipinski definition) is 2. The van der Waals surface area contributed by atoms with Crippen LogP contribution in [0, 0.1) is 13.8 Å². The fraction of sp³-hybridized carbons (Fsp3) is 0.200. The van der Waals surface area contributed by atoms with Crippen LogP contribution in [0.1, 0.15) is 21.6 Å². The molecule has 0 amide bonds. The minimum Gasteiger partial charge on any atom is -0.301 e. The van der Waals surface area contributed by atoms with E-state index in [-0.39, 0.29) is 0 Å². The fourth-order valence-corrected chi connectivity index (χ4v) is 2.53. The zero-order chi connectivity index (χ0) is 13.6. The first kappa shape index (κ1) is 11.7. The first-order valence-corrected chi connectivity index (χ1v) is 6.18. The van der Waals surface area contributed by atoms with Crippen molar-refractivity contribution in [3.63, 3.8) is 0 Å². The first-order valence-electron chi connectivity index (χ1n) is 6.18. The number of rotatable bonds is 2. The molecule has 2 heterocycles. The molecule has 0 aliphatic rings. The van der Waals surface area contributed by atoms with E-state index in [0.29, 0.717) is 5.56 Å². The highest BCUT2D eigenvalue weighted by atomic mass is 16.1. The molecule has 1 aromatic carbocycles. The zero-order valence-corrected chi connectivity index (χ0v) is 11.2. The van der Waals surface area contributed by atoms with Crippen molar-refractivity contribution in [3.05, 3.63) is 47.3 Å². The number of aldehydes is 1. The number of carbonyl (C=O) groups excluding carboxylic acids is 1. The van der Waals surface area contributed by atoms with E-state index >= 15 is 0 Å². The Morgan fingerprint density at radius 1 is 1.21 bits per heavy atom. The number of carbonyl (C=O) groups is 1. The summed E-state index contributed by atoms with van der Waals surface area (Å²) in [7, 11) is 1.86. The average molecular weight is 253 g/mol. The van der Waals surface area contributed by atoms with E-state index in [4.69, 9.17) is 0 Å². The monoisotopic (exact) mass is 253 g/mol. The lowest BCUT2D eigenvalue weighted by Crippen LogP contribution is -2.03. The van der Waals surface area contributed by atoms with Crippen LogP contribution in [0.15, 0.2) is 30.5 Å². The Kier molecular flexibility index (Phi) is 2.52. The van der Waals surface area contributed by atoms with E-state index < -0.39 is 0 Å². The summed E-state index contributed by atoms with van der Waals surface area (Å²) in [6.07, 6.45) is 2.85. The largest absolute Gasteiger partial charge is 0.301 e. The van der Waals surface area contributed by atoms with Gasteiger partial charge in [-0.25, -0.2) is 0 Å². The molecule has 2 aromatic heterocycles. The van der Waals surface area contributed by atoms with Gasteiger partial charge in [-0.1, -0.05) is 11.6 Å². The molecule has 0 unspecified atom stereocenters. The van der Waals surface area contributed by atoms with Gasteiger partial charge in [-0.05, 0) is 32.0 Å². The van der Waals surface area contributed by atoms with E-state index in [1.807, 2.05) is 24.7 Å². The van der Waals surface area contributed by atoms with Crippen molar-refractivity contribution in [2.45, 2.75) is 13.8 Å². The number of aryl methyl sites for hydroxylation is 3. The van der Waals surface area contributed by atoms with Gasteiger partial charge in [-0.15, -0.1) is 0 Å². The summed E-state index contributed by atoms with van der Waals surface area (Å²) in [5.74, 6) is 0.811. The van der Waals surface area contributed by atoms with Crippen LogP contribution in [-0.4, -0.2) is 20.6 Å². The molecule has 0 aliphatic carbocycles. The van der Waals surface area contributed by atoms with Gasteiger partial charge in [0.05, 0.1) is 16.8 Å². The highest BCUT2D eigenvalue weighted by molar-refractivity contribution is 5.86. The number of fused-ring (bicyclic) bond motifs is 1. The molecule has 0 spiro atoms. The van der Waals surface area contributed by atoms with Crippen LogP contribution in [0.25, 0.3) is 16.7 Å². The summed E-state index contributed by atoms with van der Waals surface area (Å²) in [4.78, 5) is 11.3. The van der Waals surface area contributed by atoms with Crippen molar-refractivity contribution in [3.8, 4) is 5.82 Å². The second kappa shape index (κ2) is 4.09. The van der Waals surface area contributed by atoms with Crippen LogP contribution in [0.3, 0.4) is 0 Å². The highest BCUT2D eigenvalue weighted by Gasteiger charge is 2.15. The summed E-state index contributed by atoms with van der Waals surface area (Å²) in [5, 5.41) is 5.49. The van der Waals surface area contributed by atoms with Crippen molar-refractivity contribution in [1.29, 1.82) is 0 Å². The van der Waals surface area contributed by atoms with Crippen molar-refractivity contribution < 1.29 is 4.79 Å². The second-order valence-electron chi connectivity index (χ2n) is 4.81. The third-order valence-corrected chi connectivity index (χ3v) is 3.43. The quantitative estimate of drug-likeness (QED) is 0.659. The van der Waals surface area contributed by atoms with E-state index in [1.54, 1.807) is 4.68 Å². The van der Waals surface area contributed by atoms with E-state index in [2.05, 4.69) is 36.3 Å². The van der Waals surface area contributed by atoms with Gasteiger partial charge < -0.3 is 4.57 Å². The number of hydrogen-bond donors (Lipinski definition) is 0. The molecular formula is C15H15N3O. The molecule has 0 radical (unpaired) electrons. The molecule has 19 heavy (non-hydrogen) atoms. The van der Waals surface area contributed by atoms with Gasteiger partial charge in [0.15, 0.2) is 6.29 Å². The summed E-state index contributed by atoms with van der Waals surface area (Å²) in [5.41, 5.74) is 3.70. The van der Waals surface area contributed by atoms with E-state index in [1.165, 1.54) is 5.56 Å². The maximum absolute atomic E-state index is 11.3. The van der Waals surface area contributed by atoms with Crippen LogP contribution < -0.4 is 0 Å². The molecule has 0 atom stereocenters. The fourth-order valence-electron chi connectivity index (χ4n) is 2.53. The maximum Gasteiger partial charge on any atom is 0.155 e. The van der Waals surface area contributed by atoms with Crippen molar-refractivity contribution >= 4 is 17.2 Å². The molecule has 0 saturated carbocycles. The molecule has 3 rings (SSSR count). The number of nitrogens with zero attached hydrogens (tertiary/aromatic N) is 3. The van der Waals surface area contributed by atoms with Gasteiger partial charge in [0, 0.05) is 18.6 Å². The normalized spacial score (nSPS) is 11.1. The Labute approximate surface area is 111 Å². The van der Waals surface area contributed by atoms with Gasteiger partial charge >= 0.3 is 0 Å². The van der Waals surface area contributed by atoms with Crippen LogP contribution >= 0.6 is 0 Å². The molecule has 0 fully saturated rings. The predicted molar refractivity (Wildman–Crippen MR) is 74.9 cm³/mol. The van der Waals surface area contributed by atoms with Crippen LogP contribution in [0.5, 0.6) is 0 Å². The first-order chi connectivity index (χ1) is 9.11. The minimum atomic E-state index is 0.639. The molecule has 96 valence electrons. The molecule has 4 nitrogen and oxygen atoms in total. The highest BCUT2D eigenvalue weighted by Crippen LogP contribution is 2.24. The maximum atomic E-state index is 11.3. The zero-order valence-electron chi connectivity index (χ0n) is 11.2. The van der Waals surface area contributed by atoms with Gasteiger partial charge in [0.25, 0.3) is 0 Å². The van der Waals surface area contributed by atoms with E-state index in [0.717, 1.165) is 28.7 Å². The van der Waals surface area contributed by atoms with Crippen molar-refractivity contribution in [2.24, 2.45) is 7.05 Å². The molecule has 3 aromatic rings. The molecule has 0 N–H and O–H groups in total. The lowest BCUT2D eigenvalue weighted by Gasteiger charge is -2.07. The lowest BCUT2D eigenvalue weighted by atomic mass is 10.2. The summed E-state index contributed by atoms with van der Waals surface area (Å²) >= 11 is 0. The Morgan fingerprint density at radius 3 is 2.74 bits per heavy atom. The van der Waals surface area contributed by atoms with Gasteiger partial charge in [-0.3, -0.25) is 9.48 Å². The Hall–Kier alpha value is -2.36. The molecular weight excluding hydrogens is 238 g/mol. The number of benzene rings is 1. The molecule has 0 saturated heterocycles. The summed E-state index contributed by atoms with van der Waals surface area (Å²) in [6.45, 7) is 3.92. The predicted octanol–water partition coefficient (Wildman–Crippen LogP) is 2.79. The Morgan fingerprint density at radius 2 is 2.00 bits per heavy atom. The lowest BCUT2D eigenvalue weighted by molar-refractivity contribution is 0.112. The number of aromatic nitrogens is 3. The van der Waals surface area contributed by atoms with Gasteiger partial charge in [-0.2, -0.15) is 5.10 Å². The van der Waals surface area contributed by atoms with Crippen LogP contribution in [0.4, 0.5) is 0 Å². The van der Waals surface area contributed by atoms with Crippen molar-refractivity contribution in [2.75, 3.05) is 0 Å². The molecule has 0 aliphatic heterocycles. The minimum absolute atomic E-state index is 0.639. The Bertz CT molecular complexity index is 780. The van der Waals surface area contributed by atoms with Crippen molar-refractivity contribution in [1.82, 2.24) is 14.3 Å². The van der Waals surface area contributed by atoms with Crippen LogP contribution in [-0.2, 0) is 7.05 Å². The molecule has 0 bridgehead atoms. The molecule has 4 heteroatoms. The second-order valence-corrected chi connectivity index (χ2v) is 4.81. The average Bonchev–Trinajstić information content (AvgIpc) is 2.89. The summed E-state index contributed by atoms with van der Waals surface area (Å²) < 4.78 is 3.76. The third-order valence-electron chi connectivity index (χ3n) is 3.43. The Balaban J connectivity index is 2.33. The van der Waals surface area contributed by atoms with Gasteiger partial charge in [0.1, 0.15) is 5.82 Å². The van der Waals surface area contributed by atoms with Gasteiger partial charge in [0.2, 0.25) is 0 Å². The standard InChI is InChI=1S/C15H15N3O/c1-10-4-5-14-12(8-10)6-7-18(14)15-13(9-19)11(2)16-17(15)3/h4-9H,1-3H3. The third kappa shape index (κ3) is 1.68. The van der Waals surface area contributed by atoms with Crippen LogP contribution in [0.2, 0.25) is 0 Å². The smallest absolute Gasteiger partial charge is 0.155 e. The summed E-state index contributed by atoms with van der Waals surface area (Å²) in [6, 6.07) is 8.33. The van der Waals surface area contributed by atoms with E-state index in [9.17, 15) is 4.79 Å². The SMILES string of the molecule is Cc1ccc2c(ccn2-c2c(C=O)c(C)nn2C)c1. The topological polar surface area (TPSA) is 39.8 Å².